The lowest BCUT2D eigenvalue weighted by Crippen LogP contribution is -2.25. The van der Waals surface area contributed by atoms with Gasteiger partial charge in [0.05, 0.1) is 18.4 Å². The SMILES string of the molecule is COc1ccc(-c2nn(-c3ccccc3)cc2C(=O)NCCc2ccsc2)cc1. The monoisotopic (exact) mass is 403 g/mol. The molecule has 0 saturated carbocycles. The van der Waals surface area contributed by atoms with Crippen molar-refractivity contribution in [1.82, 2.24) is 15.1 Å². The maximum Gasteiger partial charge on any atom is 0.255 e. The highest BCUT2D eigenvalue weighted by Crippen LogP contribution is 2.26. The molecule has 29 heavy (non-hydrogen) atoms. The Morgan fingerprint density at radius 3 is 2.59 bits per heavy atom. The van der Waals surface area contributed by atoms with Gasteiger partial charge in [-0.15, -0.1) is 0 Å². The molecule has 5 nitrogen and oxygen atoms in total. The minimum atomic E-state index is -0.131. The summed E-state index contributed by atoms with van der Waals surface area (Å²) in [6, 6.07) is 19.4. The summed E-state index contributed by atoms with van der Waals surface area (Å²) >= 11 is 1.66. The van der Waals surface area contributed by atoms with E-state index in [0.29, 0.717) is 17.8 Å². The molecular weight excluding hydrogens is 382 g/mol. The molecular formula is C23H21N3O2S. The third-order valence-electron chi connectivity index (χ3n) is 4.62. The summed E-state index contributed by atoms with van der Waals surface area (Å²) < 4.78 is 6.99. The van der Waals surface area contributed by atoms with Crippen molar-refractivity contribution in [1.29, 1.82) is 0 Å². The van der Waals surface area contributed by atoms with Gasteiger partial charge in [-0.3, -0.25) is 4.79 Å². The van der Waals surface area contributed by atoms with Crippen LogP contribution in [0.1, 0.15) is 15.9 Å². The molecule has 6 heteroatoms. The molecule has 2 heterocycles. The number of aromatic nitrogens is 2. The van der Waals surface area contributed by atoms with Gasteiger partial charge in [0.1, 0.15) is 11.4 Å². The lowest BCUT2D eigenvalue weighted by atomic mass is 10.1. The largest absolute Gasteiger partial charge is 0.497 e. The van der Waals surface area contributed by atoms with Crippen molar-refractivity contribution in [3.8, 4) is 22.7 Å². The summed E-state index contributed by atoms with van der Waals surface area (Å²) in [5, 5.41) is 11.9. The number of ether oxygens (including phenoxy) is 1. The van der Waals surface area contributed by atoms with E-state index in [1.165, 1.54) is 5.56 Å². The van der Waals surface area contributed by atoms with Gasteiger partial charge in [-0.25, -0.2) is 4.68 Å². The predicted molar refractivity (Wildman–Crippen MR) is 116 cm³/mol. The fourth-order valence-electron chi connectivity index (χ4n) is 3.07. The summed E-state index contributed by atoms with van der Waals surface area (Å²) in [6.07, 6.45) is 2.59. The van der Waals surface area contributed by atoms with Crippen molar-refractivity contribution >= 4 is 17.2 Å². The van der Waals surface area contributed by atoms with Crippen LogP contribution in [-0.2, 0) is 6.42 Å². The van der Waals surface area contributed by atoms with Gasteiger partial charge < -0.3 is 10.1 Å². The summed E-state index contributed by atoms with van der Waals surface area (Å²) in [5.41, 5.74) is 4.18. The van der Waals surface area contributed by atoms with E-state index in [-0.39, 0.29) is 5.91 Å². The third kappa shape index (κ3) is 4.38. The van der Waals surface area contributed by atoms with E-state index in [2.05, 4.69) is 16.8 Å². The topological polar surface area (TPSA) is 56.2 Å². The van der Waals surface area contributed by atoms with E-state index in [9.17, 15) is 4.79 Å². The predicted octanol–water partition coefficient (Wildman–Crippen LogP) is 4.58. The molecule has 1 amide bonds. The number of methoxy groups -OCH3 is 1. The molecule has 0 bridgehead atoms. The average Bonchev–Trinajstić information content (AvgIpc) is 3.45. The molecule has 0 saturated heterocycles. The number of hydrogen-bond donors (Lipinski definition) is 1. The van der Waals surface area contributed by atoms with E-state index >= 15 is 0 Å². The smallest absolute Gasteiger partial charge is 0.255 e. The van der Waals surface area contributed by atoms with Crippen LogP contribution in [0.4, 0.5) is 0 Å². The van der Waals surface area contributed by atoms with Crippen LogP contribution in [0, 0.1) is 0 Å². The maximum absolute atomic E-state index is 12.9. The van der Waals surface area contributed by atoms with Gasteiger partial charge in [-0.1, -0.05) is 18.2 Å². The van der Waals surface area contributed by atoms with Crippen LogP contribution in [0.5, 0.6) is 5.75 Å². The number of amides is 1. The Labute approximate surface area is 173 Å². The second-order valence-corrected chi connectivity index (χ2v) is 7.32. The van der Waals surface area contributed by atoms with Crippen LogP contribution < -0.4 is 10.1 Å². The molecule has 0 fully saturated rings. The van der Waals surface area contributed by atoms with E-state index in [1.54, 1.807) is 29.3 Å². The molecule has 0 spiro atoms. The zero-order valence-corrected chi connectivity index (χ0v) is 16.9. The second kappa shape index (κ2) is 8.75. The lowest BCUT2D eigenvalue weighted by molar-refractivity contribution is 0.0955. The van der Waals surface area contributed by atoms with Gasteiger partial charge in [0.2, 0.25) is 0 Å². The number of benzene rings is 2. The summed E-state index contributed by atoms with van der Waals surface area (Å²) in [7, 11) is 1.63. The van der Waals surface area contributed by atoms with Crippen LogP contribution in [0.25, 0.3) is 16.9 Å². The van der Waals surface area contributed by atoms with Gasteiger partial charge in [-0.05, 0) is 65.2 Å². The van der Waals surface area contributed by atoms with Gasteiger partial charge >= 0.3 is 0 Å². The van der Waals surface area contributed by atoms with Crippen LogP contribution in [0.3, 0.4) is 0 Å². The fraction of sp³-hybridized carbons (Fsp3) is 0.130. The van der Waals surface area contributed by atoms with Crippen molar-refractivity contribution in [3.05, 3.63) is 88.7 Å². The minimum absolute atomic E-state index is 0.131. The van der Waals surface area contributed by atoms with Gasteiger partial charge in [-0.2, -0.15) is 16.4 Å². The Morgan fingerprint density at radius 2 is 1.90 bits per heavy atom. The van der Waals surface area contributed by atoms with Crippen molar-refractivity contribution in [2.75, 3.05) is 13.7 Å². The first-order chi connectivity index (χ1) is 14.2. The zero-order chi connectivity index (χ0) is 20.1. The number of nitrogens with zero attached hydrogens (tertiary/aromatic N) is 2. The number of hydrogen-bond acceptors (Lipinski definition) is 4. The van der Waals surface area contributed by atoms with Gasteiger partial charge in [0.25, 0.3) is 5.91 Å². The van der Waals surface area contributed by atoms with Crippen LogP contribution in [0.15, 0.2) is 77.6 Å². The highest BCUT2D eigenvalue weighted by atomic mass is 32.1. The molecule has 0 unspecified atom stereocenters. The number of thiophene rings is 1. The quantitative estimate of drug-likeness (QED) is 0.491. The number of rotatable bonds is 7. The zero-order valence-electron chi connectivity index (χ0n) is 16.0. The van der Waals surface area contributed by atoms with E-state index in [1.807, 2.05) is 60.0 Å². The highest BCUT2D eigenvalue weighted by Gasteiger charge is 2.18. The molecule has 0 atom stereocenters. The van der Waals surface area contributed by atoms with Crippen molar-refractivity contribution in [2.45, 2.75) is 6.42 Å². The molecule has 2 aromatic heterocycles. The molecule has 2 aromatic carbocycles. The first-order valence-corrected chi connectivity index (χ1v) is 10.3. The standard InChI is InChI=1S/C23H21N3O2S/c1-28-20-9-7-18(8-10-20)22-21(15-26(25-22)19-5-3-2-4-6-19)23(27)24-13-11-17-12-14-29-16-17/h2-10,12,14-16H,11,13H2,1H3,(H,24,27). The summed E-state index contributed by atoms with van der Waals surface area (Å²) in [6.45, 7) is 0.578. The van der Waals surface area contributed by atoms with Crippen molar-refractivity contribution in [2.24, 2.45) is 0 Å². The molecule has 0 aliphatic carbocycles. The summed E-state index contributed by atoms with van der Waals surface area (Å²) in [5.74, 6) is 0.631. The Kier molecular flexibility index (Phi) is 5.72. The van der Waals surface area contributed by atoms with Crippen LogP contribution in [0.2, 0.25) is 0 Å². The van der Waals surface area contributed by atoms with Crippen molar-refractivity contribution in [3.63, 3.8) is 0 Å². The summed E-state index contributed by atoms with van der Waals surface area (Å²) in [4.78, 5) is 12.9. The second-order valence-electron chi connectivity index (χ2n) is 6.54. The molecule has 4 aromatic rings. The molecule has 0 radical (unpaired) electrons. The average molecular weight is 404 g/mol. The molecule has 0 aliphatic heterocycles. The van der Waals surface area contributed by atoms with E-state index in [4.69, 9.17) is 9.84 Å². The van der Waals surface area contributed by atoms with Crippen LogP contribution >= 0.6 is 11.3 Å². The van der Waals surface area contributed by atoms with Gasteiger partial charge in [0.15, 0.2) is 0 Å². The fourth-order valence-corrected chi connectivity index (χ4v) is 3.77. The molecule has 1 N–H and O–H groups in total. The number of nitrogens with one attached hydrogen (secondary N) is 1. The molecule has 146 valence electrons. The molecule has 4 rings (SSSR count). The Hall–Kier alpha value is -3.38. The van der Waals surface area contributed by atoms with Gasteiger partial charge in [0, 0.05) is 18.3 Å². The molecule has 0 aliphatic rings. The maximum atomic E-state index is 12.9. The first-order valence-electron chi connectivity index (χ1n) is 9.33. The third-order valence-corrected chi connectivity index (χ3v) is 5.35. The minimum Gasteiger partial charge on any atom is -0.497 e. The van der Waals surface area contributed by atoms with Crippen molar-refractivity contribution < 1.29 is 9.53 Å². The Morgan fingerprint density at radius 1 is 1.10 bits per heavy atom. The number of carbonyl (C=O) groups excluding carboxylic acids is 1. The number of carbonyl (C=O) groups is 1. The van der Waals surface area contributed by atoms with E-state index < -0.39 is 0 Å². The highest BCUT2D eigenvalue weighted by molar-refractivity contribution is 7.07. The normalized spacial score (nSPS) is 10.7. The Balaban J connectivity index is 1.62. The van der Waals surface area contributed by atoms with E-state index in [0.717, 1.165) is 23.4 Å². The Bertz CT molecular complexity index is 1070. The lowest BCUT2D eigenvalue weighted by Gasteiger charge is -2.06. The number of para-hydroxylation sites is 1. The van der Waals surface area contributed by atoms with Crippen LogP contribution in [-0.4, -0.2) is 29.3 Å². The first kappa shape index (κ1) is 19.0.